The van der Waals surface area contributed by atoms with Crippen molar-refractivity contribution >= 4 is 22.8 Å². The van der Waals surface area contributed by atoms with Gasteiger partial charge in [0.1, 0.15) is 5.82 Å². The summed E-state index contributed by atoms with van der Waals surface area (Å²) in [7, 11) is 3.60. The molecular formula is C27H32N4O3. The van der Waals surface area contributed by atoms with E-state index in [0.29, 0.717) is 26.1 Å². The third-order valence-corrected chi connectivity index (χ3v) is 7.67. The molecule has 1 saturated heterocycles. The number of hydrogen-bond donors (Lipinski definition) is 1. The van der Waals surface area contributed by atoms with E-state index in [4.69, 9.17) is 4.74 Å². The molecule has 2 heterocycles. The summed E-state index contributed by atoms with van der Waals surface area (Å²) in [4.78, 5) is 32.5. The van der Waals surface area contributed by atoms with Gasteiger partial charge in [-0.15, -0.1) is 0 Å². The van der Waals surface area contributed by atoms with E-state index >= 15 is 0 Å². The van der Waals surface area contributed by atoms with Gasteiger partial charge in [0.05, 0.1) is 11.0 Å². The molecule has 2 aliphatic rings. The summed E-state index contributed by atoms with van der Waals surface area (Å²) in [6.45, 7) is 1.93. The smallest absolute Gasteiger partial charge is 0.256 e. The van der Waals surface area contributed by atoms with Crippen LogP contribution in [-0.2, 0) is 27.8 Å². The largest absolute Gasteiger partial charge is 0.367 e. The second kappa shape index (κ2) is 9.22. The number of ether oxygens (including phenoxy) is 1. The fourth-order valence-corrected chi connectivity index (χ4v) is 5.46. The Kier molecular flexibility index (Phi) is 6.13. The van der Waals surface area contributed by atoms with Crippen molar-refractivity contribution < 1.29 is 14.3 Å². The summed E-state index contributed by atoms with van der Waals surface area (Å²) >= 11 is 0. The first-order valence-electron chi connectivity index (χ1n) is 12.1. The number of carbonyl (C=O) groups excluding carboxylic acids is 2. The van der Waals surface area contributed by atoms with Gasteiger partial charge in [-0.2, -0.15) is 0 Å². The Morgan fingerprint density at radius 3 is 2.53 bits per heavy atom. The lowest BCUT2D eigenvalue weighted by molar-refractivity contribution is -0.144. The van der Waals surface area contributed by atoms with Crippen LogP contribution in [0.5, 0.6) is 0 Å². The third-order valence-electron chi connectivity index (χ3n) is 7.67. The summed E-state index contributed by atoms with van der Waals surface area (Å²) in [5, 5.41) is 3.13. The topological polar surface area (TPSA) is 76.5 Å². The molecule has 0 bridgehead atoms. The first-order chi connectivity index (χ1) is 16.5. The van der Waals surface area contributed by atoms with Gasteiger partial charge in [-0.1, -0.05) is 42.5 Å². The molecule has 2 aromatic carbocycles. The maximum atomic E-state index is 13.1. The van der Waals surface area contributed by atoms with Gasteiger partial charge in [0.25, 0.3) is 5.91 Å². The summed E-state index contributed by atoms with van der Waals surface area (Å²) in [6, 6.07) is 17.7. The molecule has 0 radical (unpaired) electrons. The molecule has 1 saturated carbocycles. The van der Waals surface area contributed by atoms with Crippen LogP contribution in [0.2, 0.25) is 0 Å². The average molecular weight is 461 g/mol. The van der Waals surface area contributed by atoms with Crippen LogP contribution in [0.1, 0.15) is 36.8 Å². The molecular weight excluding hydrogens is 428 g/mol. The summed E-state index contributed by atoms with van der Waals surface area (Å²) in [5.41, 5.74) is 3.01. The number of hydrogen-bond acceptors (Lipinski definition) is 4. The van der Waals surface area contributed by atoms with E-state index in [1.54, 1.807) is 7.11 Å². The Hall–Kier alpha value is -3.19. The van der Waals surface area contributed by atoms with E-state index in [1.807, 2.05) is 60.5 Å². The maximum absolute atomic E-state index is 13.1. The minimum Gasteiger partial charge on any atom is -0.367 e. The molecule has 2 atom stereocenters. The molecule has 5 rings (SSSR count). The quantitative estimate of drug-likeness (QED) is 0.587. The van der Waals surface area contributed by atoms with Gasteiger partial charge in [-0.05, 0) is 42.4 Å². The highest BCUT2D eigenvalue weighted by atomic mass is 16.5. The van der Waals surface area contributed by atoms with Gasteiger partial charge in [-0.3, -0.25) is 9.59 Å². The number of fused-ring (bicyclic) bond motifs is 1. The van der Waals surface area contributed by atoms with Crippen molar-refractivity contribution in [1.29, 1.82) is 0 Å². The number of benzene rings is 2. The van der Waals surface area contributed by atoms with E-state index < -0.39 is 6.10 Å². The second-order valence-corrected chi connectivity index (χ2v) is 9.59. The highest BCUT2D eigenvalue weighted by Crippen LogP contribution is 2.59. The number of nitrogens with zero attached hydrogens (tertiary/aromatic N) is 3. The number of aromatic nitrogens is 2. The van der Waals surface area contributed by atoms with Crippen molar-refractivity contribution in [2.45, 2.75) is 31.8 Å². The molecule has 2 amide bonds. The van der Waals surface area contributed by atoms with E-state index in [-0.39, 0.29) is 23.1 Å². The van der Waals surface area contributed by atoms with Crippen LogP contribution in [0, 0.1) is 11.3 Å². The molecule has 34 heavy (non-hydrogen) atoms. The van der Waals surface area contributed by atoms with Crippen LogP contribution in [0.25, 0.3) is 11.0 Å². The maximum Gasteiger partial charge on any atom is 0.256 e. The number of piperidine rings is 1. The minimum absolute atomic E-state index is 0.00709. The molecule has 2 unspecified atom stereocenters. The number of amides is 2. The van der Waals surface area contributed by atoms with Crippen molar-refractivity contribution in [1.82, 2.24) is 19.8 Å². The lowest BCUT2D eigenvalue weighted by Gasteiger charge is -2.34. The molecule has 1 aliphatic heterocycles. The Bertz CT molecular complexity index is 1180. The van der Waals surface area contributed by atoms with Crippen LogP contribution >= 0.6 is 0 Å². The van der Waals surface area contributed by atoms with Crippen LogP contribution in [0.15, 0.2) is 54.6 Å². The lowest BCUT2D eigenvalue weighted by Crippen LogP contribution is -2.43. The number of carbonyl (C=O) groups is 2. The number of para-hydroxylation sites is 2. The molecule has 1 aromatic heterocycles. The Balaban J connectivity index is 1.11. The first-order valence-corrected chi connectivity index (χ1v) is 12.1. The van der Waals surface area contributed by atoms with Gasteiger partial charge in [-0.25, -0.2) is 4.98 Å². The van der Waals surface area contributed by atoms with Crippen molar-refractivity contribution in [2.24, 2.45) is 18.4 Å². The summed E-state index contributed by atoms with van der Waals surface area (Å²) in [5.74, 6) is 1.17. The van der Waals surface area contributed by atoms with E-state index in [9.17, 15) is 9.59 Å². The van der Waals surface area contributed by atoms with Gasteiger partial charge < -0.3 is 19.5 Å². The number of imidazole rings is 1. The molecule has 1 N–H and O–H groups in total. The Morgan fingerprint density at radius 1 is 1.12 bits per heavy atom. The van der Waals surface area contributed by atoms with Gasteiger partial charge >= 0.3 is 0 Å². The molecule has 2 fully saturated rings. The first kappa shape index (κ1) is 22.6. The number of rotatable bonds is 7. The van der Waals surface area contributed by atoms with E-state index in [0.717, 1.165) is 41.7 Å². The summed E-state index contributed by atoms with van der Waals surface area (Å²) < 4.78 is 7.62. The van der Waals surface area contributed by atoms with Crippen LogP contribution in [-0.4, -0.2) is 53.0 Å². The molecule has 3 aromatic rings. The molecule has 178 valence electrons. The number of nitrogens with one attached hydrogen (secondary N) is 1. The lowest BCUT2D eigenvalue weighted by atomic mass is 9.90. The summed E-state index contributed by atoms with van der Waals surface area (Å²) in [6.07, 6.45) is 2.78. The standard InChI is InChI=1S/C27H32N4O3/c1-30-22-11-7-6-10-21(22)29-23(30)12-15-28-25(32)20-18-27(20)13-16-31(17-14-27)26(33)24(34-2)19-8-4-3-5-9-19/h3-11,20,24H,12-18H2,1-2H3,(H,28,32). The van der Waals surface area contributed by atoms with Gasteiger partial charge in [0.15, 0.2) is 6.10 Å². The zero-order chi connectivity index (χ0) is 23.7. The second-order valence-electron chi connectivity index (χ2n) is 9.59. The molecule has 1 aliphatic carbocycles. The van der Waals surface area contributed by atoms with E-state index in [1.165, 1.54) is 0 Å². The Morgan fingerprint density at radius 2 is 1.82 bits per heavy atom. The highest BCUT2D eigenvalue weighted by molar-refractivity contribution is 5.84. The van der Waals surface area contributed by atoms with Crippen LogP contribution in [0.4, 0.5) is 0 Å². The minimum atomic E-state index is -0.573. The fourth-order valence-electron chi connectivity index (χ4n) is 5.46. The van der Waals surface area contributed by atoms with Gasteiger partial charge in [0, 0.05) is 46.1 Å². The zero-order valence-electron chi connectivity index (χ0n) is 19.9. The van der Waals surface area contributed by atoms with Crippen LogP contribution < -0.4 is 5.32 Å². The number of methoxy groups -OCH3 is 1. The fraction of sp³-hybridized carbons (Fsp3) is 0.444. The van der Waals surface area contributed by atoms with Crippen molar-refractivity contribution in [3.8, 4) is 0 Å². The number of aryl methyl sites for hydroxylation is 1. The van der Waals surface area contributed by atoms with E-state index in [2.05, 4.69) is 20.9 Å². The van der Waals surface area contributed by atoms with Crippen LogP contribution in [0.3, 0.4) is 0 Å². The molecule has 7 nitrogen and oxygen atoms in total. The van der Waals surface area contributed by atoms with Crippen molar-refractivity contribution in [3.63, 3.8) is 0 Å². The number of likely N-dealkylation sites (tertiary alicyclic amines) is 1. The highest BCUT2D eigenvalue weighted by Gasteiger charge is 2.58. The van der Waals surface area contributed by atoms with Crippen molar-refractivity contribution in [3.05, 3.63) is 66.0 Å². The third kappa shape index (κ3) is 4.20. The Labute approximate surface area is 200 Å². The zero-order valence-corrected chi connectivity index (χ0v) is 19.9. The normalized spacial score (nSPS) is 19.8. The average Bonchev–Trinajstić information content (AvgIpc) is 3.47. The van der Waals surface area contributed by atoms with Gasteiger partial charge in [0.2, 0.25) is 5.91 Å². The monoisotopic (exact) mass is 460 g/mol. The molecule has 1 spiro atoms. The SMILES string of the molecule is COC(C(=O)N1CCC2(CC1)CC2C(=O)NCCc1nc2ccccc2n1C)c1ccccc1. The predicted molar refractivity (Wildman–Crippen MR) is 130 cm³/mol. The molecule has 7 heteroatoms. The predicted octanol–water partition coefficient (Wildman–Crippen LogP) is 3.25. The van der Waals surface area contributed by atoms with Crippen molar-refractivity contribution in [2.75, 3.05) is 26.7 Å².